The molecule has 4 heterocycles. The first-order valence-corrected chi connectivity index (χ1v) is 17.7. The van der Waals surface area contributed by atoms with Crippen LogP contribution in [0.25, 0.3) is 0 Å². The Balaban J connectivity index is 0.000000204. The maximum atomic E-state index is 12.9. The van der Waals surface area contributed by atoms with Crippen molar-refractivity contribution in [3.05, 3.63) is 108 Å². The molecular formula is C39H48N6O8. The van der Waals surface area contributed by atoms with Gasteiger partial charge >= 0.3 is 23.9 Å². The molecule has 282 valence electrons. The summed E-state index contributed by atoms with van der Waals surface area (Å²) in [6.07, 6.45) is 7.72. The highest BCUT2D eigenvalue weighted by Crippen LogP contribution is 2.30. The fraction of sp³-hybridized carbons (Fsp3) is 0.436. The molecule has 14 heteroatoms. The summed E-state index contributed by atoms with van der Waals surface area (Å²) in [6, 6.07) is 19.5. The SMILES string of the molecule is COC(=O)C1(OC(=O)c2cncn2[C@H](C)c2ccccc2)CCN(C)CC1.COC(=O)C1(OC(=O)c2cncn2[C@H](C)c2ccccc2)CCNCC1. The van der Waals surface area contributed by atoms with E-state index in [2.05, 4.69) is 20.2 Å². The molecule has 0 amide bonds. The maximum Gasteiger partial charge on any atom is 0.357 e. The number of benzene rings is 2. The number of nitrogens with zero attached hydrogens (tertiary/aromatic N) is 5. The minimum Gasteiger partial charge on any atom is -0.466 e. The summed E-state index contributed by atoms with van der Waals surface area (Å²) in [6.45, 7) is 6.45. The fourth-order valence-corrected chi connectivity index (χ4v) is 6.66. The Bertz CT molecular complexity index is 1830. The van der Waals surface area contributed by atoms with Crippen molar-refractivity contribution < 1.29 is 38.1 Å². The number of hydrogen-bond acceptors (Lipinski definition) is 12. The highest BCUT2D eigenvalue weighted by Gasteiger charge is 2.47. The van der Waals surface area contributed by atoms with E-state index in [1.807, 2.05) is 81.6 Å². The summed E-state index contributed by atoms with van der Waals surface area (Å²) in [5.41, 5.74) is 0.221. The molecule has 0 bridgehead atoms. The second kappa shape index (κ2) is 17.5. The number of imidazole rings is 2. The van der Waals surface area contributed by atoms with Gasteiger partial charge < -0.3 is 38.3 Å². The number of ether oxygens (including phenoxy) is 4. The number of aromatic nitrogens is 4. The number of nitrogens with one attached hydrogen (secondary N) is 1. The topological polar surface area (TPSA) is 156 Å². The van der Waals surface area contributed by atoms with E-state index in [9.17, 15) is 19.2 Å². The number of likely N-dealkylation sites (tertiary alicyclic amines) is 1. The molecule has 14 nitrogen and oxygen atoms in total. The van der Waals surface area contributed by atoms with E-state index in [1.54, 1.807) is 21.8 Å². The van der Waals surface area contributed by atoms with Crippen LogP contribution in [-0.2, 0) is 28.5 Å². The number of carbonyl (C=O) groups is 4. The summed E-state index contributed by atoms with van der Waals surface area (Å²) < 4.78 is 24.8. The van der Waals surface area contributed by atoms with Gasteiger partial charge in [-0.25, -0.2) is 29.1 Å². The number of piperidine rings is 2. The van der Waals surface area contributed by atoms with Crippen molar-refractivity contribution in [1.29, 1.82) is 0 Å². The third-order valence-corrected chi connectivity index (χ3v) is 10.0. The van der Waals surface area contributed by atoms with E-state index >= 15 is 0 Å². The van der Waals surface area contributed by atoms with Crippen molar-refractivity contribution in [2.75, 3.05) is 47.4 Å². The molecule has 2 aliphatic heterocycles. The second-order valence-electron chi connectivity index (χ2n) is 13.3. The van der Waals surface area contributed by atoms with Gasteiger partial charge in [0, 0.05) is 38.8 Å². The zero-order valence-corrected chi connectivity index (χ0v) is 30.9. The van der Waals surface area contributed by atoms with Gasteiger partial charge in [0.25, 0.3) is 0 Å². The molecule has 2 atom stereocenters. The van der Waals surface area contributed by atoms with E-state index in [0.717, 1.165) is 11.1 Å². The van der Waals surface area contributed by atoms with Crippen molar-refractivity contribution in [2.24, 2.45) is 0 Å². The summed E-state index contributed by atoms with van der Waals surface area (Å²) in [5.74, 6) is -2.16. The number of methoxy groups -OCH3 is 2. The summed E-state index contributed by atoms with van der Waals surface area (Å²) in [5, 5.41) is 3.16. The third-order valence-electron chi connectivity index (χ3n) is 10.0. The lowest BCUT2D eigenvalue weighted by molar-refractivity contribution is -0.168. The van der Waals surface area contributed by atoms with Crippen molar-refractivity contribution in [3.8, 4) is 0 Å². The van der Waals surface area contributed by atoms with Gasteiger partial charge in [-0.1, -0.05) is 60.7 Å². The summed E-state index contributed by atoms with van der Waals surface area (Å²) >= 11 is 0. The van der Waals surface area contributed by atoms with Crippen LogP contribution in [0, 0.1) is 0 Å². The lowest BCUT2D eigenvalue weighted by atomic mass is 9.91. The summed E-state index contributed by atoms with van der Waals surface area (Å²) in [4.78, 5) is 60.8. The normalized spacial score (nSPS) is 17.6. The van der Waals surface area contributed by atoms with E-state index in [4.69, 9.17) is 18.9 Å². The van der Waals surface area contributed by atoms with Crippen molar-refractivity contribution >= 4 is 23.9 Å². The highest BCUT2D eigenvalue weighted by atomic mass is 16.6. The Labute approximate surface area is 309 Å². The molecule has 0 radical (unpaired) electrons. The van der Waals surface area contributed by atoms with Gasteiger partial charge in [-0.3, -0.25) is 0 Å². The first-order chi connectivity index (χ1) is 25.5. The summed E-state index contributed by atoms with van der Waals surface area (Å²) in [7, 11) is 4.60. The van der Waals surface area contributed by atoms with Crippen molar-refractivity contribution in [3.63, 3.8) is 0 Å². The zero-order valence-electron chi connectivity index (χ0n) is 30.9. The molecule has 0 unspecified atom stereocenters. The van der Waals surface area contributed by atoms with Crippen LogP contribution in [0.2, 0.25) is 0 Å². The molecule has 53 heavy (non-hydrogen) atoms. The molecule has 0 aliphatic carbocycles. The predicted molar refractivity (Wildman–Crippen MR) is 194 cm³/mol. The maximum absolute atomic E-state index is 12.9. The lowest BCUT2D eigenvalue weighted by Crippen LogP contribution is -2.52. The van der Waals surface area contributed by atoms with Crippen LogP contribution in [0.4, 0.5) is 0 Å². The molecule has 0 saturated carbocycles. The zero-order chi connectivity index (χ0) is 38.0. The molecule has 2 aliphatic rings. The Morgan fingerprint density at radius 3 is 1.45 bits per heavy atom. The minimum absolute atomic E-state index is 0.0941. The van der Waals surface area contributed by atoms with E-state index < -0.39 is 35.1 Å². The Morgan fingerprint density at radius 1 is 0.660 bits per heavy atom. The smallest absolute Gasteiger partial charge is 0.357 e. The molecule has 2 fully saturated rings. The van der Waals surface area contributed by atoms with Crippen LogP contribution in [0.1, 0.15) is 83.7 Å². The first-order valence-electron chi connectivity index (χ1n) is 17.7. The molecular weight excluding hydrogens is 680 g/mol. The van der Waals surface area contributed by atoms with E-state index in [-0.39, 0.29) is 12.1 Å². The number of esters is 4. The minimum atomic E-state index is -1.25. The lowest BCUT2D eigenvalue weighted by Gasteiger charge is -2.37. The average Bonchev–Trinajstić information content (AvgIpc) is 3.90. The van der Waals surface area contributed by atoms with Gasteiger partial charge in [0.05, 0.1) is 51.4 Å². The fourth-order valence-electron chi connectivity index (χ4n) is 6.66. The van der Waals surface area contributed by atoms with Crippen LogP contribution in [0.15, 0.2) is 85.7 Å². The third kappa shape index (κ3) is 8.83. The van der Waals surface area contributed by atoms with Gasteiger partial charge in [-0.2, -0.15) is 0 Å². The van der Waals surface area contributed by atoms with Gasteiger partial charge in [-0.15, -0.1) is 0 Å². The molecule has 1 N–H and O–H groups in total. The van der Waals surface area contributed by atoms with Gasteiger partial charge in [-0.05, 0) is 45.1 Å². The van der Waals surface area contributed by atoms with Crippen LogP contribution in [0.3, 0.4) is 0 Å². The molecule has 2 saturated heterocycles. The highest BCUT2D eigenvalue weighted by molar-refractivity contribution is 5.92. The number of hydrogen-bond donors (Lipinski definition) is 1. The average molecular weight is 729 g/mol. The van der Waals surface area contributed by atoms with Crippen molar-refractivity contribution in [2.45, 2.75) is 62.8 Å². The van der Waals surface area contributed by atoms with E-state index in [0.29, 0.717) is 63.3 Å². The van der Waals surface area contributed by atoms with Crippen molar-refractivity contribution in [1.82, 2.24) is 29.3 Å². The predicted octanol–water partition coefficient (Wildman–Crippen LogP) is 4.23. The molecule has 2 aromatic heterocycles. The molecule has 6 rings (SSSR count). The van der Waals surface area contributed by atoms with E-state index in [1.165, 1.54) is 26.6 Å². The van der Waals surface area contributed by atoms with Gasteiger partial charge in [0.1, 0.15) is 11.4 Å². The molecule has 0 spiro atoms. The number of carbonyl (C=O) groups excluding carboxylic acids is 4. The Kier molecular flexibility index (Phi) is 12.8. The number of rotatable bonds is 10. The Morgan fingerprint density at radius 2 is 1.06 bits per heavy atom. The first kappa shape index (κ1) is 38.9. The van der Waals surface area contributed by atoms with Crippen LogP contribution < -0.4 is 5.32 Å². The second-order valence-corrected chi connectivity index (χ2v) is 13.3. The van der Waals surface area contributed by atoms with Crippen LogP contribution in [-0.4, -0.2) is 107 Å². The van der Waals surface area contributed by atoms with Gasteiger partial charge in [0.2, 0.25) is 11.2 Å². The molecule has 2 aromatic carbocycles. The largest absolute Gasteiger partial charge is 0.466 e. The quantitative estimate of drug-likeness (QED) is 0.184. The van der Waals surface area contributed by atoms with Crippen LogP contribution >= 0.6 is 0 Å². The standard InChI is InChI=1S/C20H25N3O4.C19H23N3O4/c1-15(16-7-5-4-6-8-16)23-14-21-13-17(23)18(24)27-20(19(25)26-3)9-11-22(2)12-10-20;1-14(15-6-4-3-5-7-15)22-13-21-12-16(22)17(23)26-19(18(24)25-2)8-10-20-11-9-19/h4-8,13-15H,9-12H2,1-3H3;3-7,12-14,20H,8-11H2,1-2H3/t15-;14-/m11/s1. The monoisotopic (exact) mass is 728 g/mol. The molecule has 4 aromatic rings. The Hall–Kier alpha value is -5.34. The van der Waals surface area contributed by atoms with Crippen LogP contribution in [0.5, 0.6) is 0 Å². The van der Waals surface area contributed by atoms with Gasteiger partial charge in [0.15, 0.2) is 0 Å².